The van der Waals surface area contributed by atoms with Gasteiger partial charge >= 0.3 is 0 Å². The van der Waals surface area contributed by atoms with Gasteiger partial charge in [-0.3, -0.25) is 0 Å². The first-order valence-corrected chi connectivity index (χ1v) is 9.88. The van der Waals surface area contributed by atoms with E-state index in [1.807, 2.05) is 28.9 Å². The van der Waals surface area contributed by atoms with Crippen molar-refractivity contribution in [2.45, 2.75) is 45.1 Å². The van der Waals surface area contributed by atoms with Gasteiger partial charge in [0.05, 0.1) is 12.6 Å². The fraction of sp³-hybridized carbons (Fsp3) is 0.409. The third kappa shape index (κ3) is 3.46. The van der Waals surface area contributed by atoms with Crippen LogP contribution in [0.15, 0.2) is 48.5 Å². The lowest BCUT2D eigenvalue weighted by molar-refractivity contribution is 0.254. The van der Waals surface area contributed by atoms with Crippen LogP contribution in [0.4, 0.5) is 5.69 Å². The first kappa shape index (κ1) is 18.5. The van der Waals surface area contributed by atoms with Gasteiger partial charge in [0, 0.05) is 5.69 Å². The van der Waals surface area contributed by atoms with Crippen molar-refractivity contribution in [1.82, 2.24) is 20.2 Å². The molecule has 0 unspecified atom stereocenters. The molecule has 28 heavy (non-hydrogen) atoms. The molecule has 2 aromatic carbocycles. The maximum atomic E-state index is 5.56. The normalized spacial score (nSPS) is 22.0. The minimum Gasteiger partial charge on any atom is -0.494 e. The summed E-state index contributed by atoms with van der Waals surface area (Å²) >= 11 is 0. The predicted octanol–water partition coefficient (Wildman–Crippen LogP) is 4.50. The molecular weight excluding hydrogens is 350 g/mol. The van der Waals surface area contributed by atoms with Crippen molar-refractivity contribution < 1.29 is 4.74 Å². The van der Waals surface area contributed by atoms with Crippen molar-refractivity contribution in [2.24, 2.45) is 5.92 Å². The van der Waals surface area contributed by atoms with Gasteiger partial charge in [-0.2, -0.15) is 4.68 Å². The lowest BCUT2D eigenvalue weighted by Gasteiger charge is -2.39. The number of hydrogen-bond donors (Lipinski definition) is 1. The highest BCUT2D eigenvalue weighted by atomic mass is 16.5. The number of hydrogen-bond acceptors (Lipinski definition) is 5. The number of para-hydroxylation sites is 2. The lowest BCUT2D eigenvalue weighted by atomic mass is 9.76. The van der Waals surface area contributed by atoms with Crippen LogP contribution in [0, 0.1) is 12.8 Å². The monoisotopic (exact) mass is 377 g/mol. The topological polar surface area (TPSA) is 64.9 Å². The average molecular weight is 377 g/mol. The zero-order valence-corrected chi connectivity index (χ0v) is 16.7. The molecule has 3 aromatic rings. The van der Waals surface area contributed by atoms with Crippen LogP contribution in [0.25, 0.3) is 5.69 Å². The number of benzene rings is 2. The Hall–Kier alpha value is -2.89. The minimum absolute atomic E-state index is 0.313. The molecule has 0 amide bonds. The van der Waals surface area contributed by atoms with Crippen LogP contribution in [-0.2, 0) is 5.54 Å². The van der Waals surface area contributed by atoms with Gasteiger partial charge in [0.15, 0.2) is 5.82 Å². The Labute approximate surface area is 165 Å². The Morgan fingerprint density at radius 3 is 2.50 bits per heavy atom. The van der Waals surface area contributed by atoms with Crippen LogP contribution < -0.4 is 10.1 Å². The molecule has 146 valence electrons. The van der Waals surface area contributed by atoms with Crippen molar-refractivity contribution in [2.75, 3.05) is 12.4 Å². The fourth-order valence-electron chi connectivity index (χ4n) is 4.03. The summed E-state index contributed by atoms with van der Waals surface area (Å²) in [7, 11) is 1.67. The molecule has 1 aromatic heterocycles. The summed E-state index contributed by atoms with van der Waals surface area (Å²) in [6.45, 7) is 4.42. The predicted molar refractivity (Wildman–Crippen MR) is 110 cm³/mol. The number of tetrazole rings is 1. The standard InChI is InChI=1S/C22H27N5O/c1-16-8-10-18(11-9-16)23-22(14-12-17(2)13-15-22)21-24-25-26-27(21)19-6-4-5-7-20(19)28-3/h4-11,17,23H,12-15H2,1-3H3. The average Bonchev–Trinajstić information content (AvgIpc) is 3.22. The second-order valence-electron chi connectivity index (χ2n) is 7.84. The van der Waals surface area contributed by atoms with Crippen LogP contribution in [-0.4, -0.2) is 27.3 Å². The molecule has 0 bridgehead atoms. The van der Waals surface area contributed by atoms with Gasteiger partial charge in [-0.25, -0.2) is 0 Å². The number of methoxy groups -OCH3 is 1. The highest BCUT2D eigenvalue weighted by molar-refractivity contribution is 5.50. The minimum atomic E-state index is -0.313. The van der Waals surface area contributed by atoms with Crippen molar-refractivity contribution in [3.8, 4) is 11.4 Å². The molecule has 0 atom stereocenters. The SMILES string of the molecule is COc1ccccc1-n1nnnc1C1(Nc2ccc(C)cc2)CCC(C)CC1. The van der Waals surface area contributed by atoms with E-state index < -0.39 is 0 Å². The Kier molecular flexibility index (Phi) is 5.03. The smallest absolute Gasteiger partial charge is 0.182 e. The zero-order valence-electron chi connectivity index (χ0n) is 16.7. The Bertz CT molecular complexity index is 926. The quantitative estimate of drug-likeness (QED) is 0.709. The number of rotatable bonds is 5. The van der Waals surface area contributed by atoms with Gasteiger partial charge in [-0.1, -0.05) is 36.8 Å². The molecule has 4 rings (SSSR count). The van der Waals surface area contributed by atoms with Crippen LogP contribution in [0.1, 0.15) is 44.0 Å². The maximum Gasteiger partial charge on any atom is 0.182 e. The van der Waals surface area contributed by atoms with Crippen molar-refractivity contribution in [3.05, 3.63) is 59.9 Å². The maximum absolute atomic E-state index is 5.56. The molecule has 6 nitrogen and oxygen atoms in total. The van der Waals surface area contributed by atoms with Gasteiger partial charge < -0.3 is 10.1 Å². The van der Waals surface area contributed by atoms with Crippen LogP contribution >= 0.6 is 0 Å². The van der Waals surface area contributed by atoms with Crippen molar-refractivity contribution in [3.63, 3.8) is 0 Å². The third-order valence-electron chi connectivity index (χ3n) is 5.77. The Balaban J connectivity index is 1.78. The number of nitrogens with one attached hydrogen (secondary N) is 1. The van der Waals surface area contributed by atoms with Gasteiger partial charge in [0.1, 0.15) is 11.4 Å². The summed E-state index contributed by atoms with van der Waals surface area (Å²) in [4.78, 5) is 0. The molecule has 0 aliphatic heterocycles. The van der Waals surface area contributed by atoms with Gasteiger partial charge in [-0.05, 0) is 73.2 Å². The first-order valence-electron chi connectivity index (χ1n) is 9.88. The number of nitrogens with zero attached hydrogens (tertiary/aromatic N) is 4. The largest absolute Gasteiger partial charge is 0.494 e. The molecule has 1 heterocycles. The van der Waals surface area contributed by atoms with E-state index in [0.717, 1.165) is 48.6 Å². The second kappa shape index (κ2) is 7.62. The van der Waals surface area contributed by atoms with E-state index in [2.05, 4.69) is 59.0 Å². The first-order chi connectivity index (χ1) is 13.6. The fourth-order valence-corrected chi connectivity index (χ4v) is 4.03. The van der Waals surface area contributed by atoms with Crippen LogP contribution in [0.2, 0.25) is 0 Å². The van der Waals surface area contributed by atoms with Crippen LogP contribution in [0.5, 0.6) is 5.75 Å². The number of anilines is 1. The van der Waals surface area contributed by atoms with E-state index >= 15 is 0 Å². The number of aryl methyl sites for hydroxylation is 1. The summed E-state index contributed by atoms with van der Waals surface area (Å²) in [5.74, 6) is 2.30. The molecule has 1 aliphatic carbocycles. The third-order valence-corrected chi connectivity index (χ3v) is 5.77. The van der Waals surface area contributed by atoms with Crippen LogP contribution in [0.3, 0.4) is 0 Å². The molecule has 1 fully saturated rings. The summed E-state index contributed by atoms with van der Waals surface area (Å²) < 4.78 is 7.39. The molecular formula is C22H27N5O. The van der Waals surface area contributed by atoms with Gasteiger partial charge in [0.2, 0.25) is 0 Å². The van der Waals surface area contributed by atoms with Crippen molar-refractivity contribution in [1.29, 1.82) is 0 Å². The highest BCUT2D eigenvalue weighted by Gasteiger charge is 2.41. The number of ether oxygens (including phenoxy) is 1. The molecule has 1 aliphatic rings. The highest BCUT2D eigenvalue weighted by Crippen LogP contribution is 2.42. The molecule has 1 N–H and O–H groups in total. The second-order valence-corrected chi connectivity index (χ2v) is 7.84. The van der Waals surface area contributed by atoms with E-state index in [4.69, 9.17) is 4.74 Å². The van der Waals surface area contributed by atoms with Crippen molar-refractivity contribution >= 4 is 5.69 Å². The van der Waals surface area contributed by atoms with Gasteiger partial charge in [0.25, 0.3) is 0 Å². The molecule has 1 saturated carbocycles. The Morgan fingerprint density at radius 2 is 1.79 bits per heavy atom. The summed E-state index contributed by atoms with van der Waals surface area (Å²) in [6, 6.07) is 16.4. The molecule has 0 saturated heterocycles. The summed E-state index contributed by atoms with van der Waals surface area (Å²) in [5, 5.41) is 16.6. The molecule has 6 heteroatoms. The Morgan fingerprint density at radius 1 is 1.07 bits per heavy atom. The summed E-state index contributed by atoms with van der Waals surface area (Å²) in [5.41, 5.74) is 2.88. The summed E-state index contributed by atoms with van der Waals surface area (Å²) in [6.07, 6.45) is 4.24. The van der Waals surface area contributed by atoms with Gasteiger partial charge in [-0.15, -0.1) is 5.10 Å². The van der Waals surface area contributed by atoms with E-state index in [9.17, 15) is 0 Å². The van der Waals surface area contributed by atoms with E-state index in [-0.39, 0.29) is 5.54 Å². The van der Waals surface area contributed by atoms with E-state index in [1.54, 1.807) is 7.11 Å². The van der Waals surface area contributed by atoms with E-state index in [1.165, 1.54) is 5.56 Å². The molecule has 0 spiro atoms. The lowest BCUT2D eigenvalue weighted by Crippen LogP contribution is -2.41. The number of aromatic nitrogens is 4. The zero-order chi connectivity index (χ0) is 19.6. The molecule has 0 radical (unpaired) electrons. The van der Waals surface area contributed by atoms with E-state index in [0.29, 0.717) is 5.92 Å².